The van der Waals surface area contributed by atoms with Gasteiger partial charge in [-0.3, -0.25) is 14.2 Å². The molecule has 0 fully saturated rings. The Morgan fingerprint density at radius 1 is 1.00 bits per heavy atom. The van der Waals surface area contributed by atoms with E-state index in [-0.39, 0.29) is 28.7 Å². The van der Waals surface area contributed by atoms with Gasteiger partial charge >= 0.3 is 0 Å². The van der Waals surface area contributed by atoms with Crippen molar-refractivity contribution in [3.8, 4) is 17.2 Å². The van der Waals surface area contributed by atoms with Crippen molar-refractivity contribution in [2.75, 3.05) is 32.4 Å². The fraction of sp³-hybridized carbons (Fsp3) is 0.222. The monoisotopic (exact) mass is 584 g/mol. The molecule has 0 aliphatic rings. The second-order valence-corrected chi connectivity index (χ2v) is 11.1. The van der Waals surface area contributed by atoms with E-state index in [0.717, 1.165) is 17.3 Å². The van der Waals surface area contributed by atoms with Crippen LogP contribution >= 0.6 is 11.8 Å². The topological polar surface area (TPSA) is 152 Å². The molecule has 11 nitrogen and oxygen atoms in total. The molecule has 4 rings (SSSR count). The fourth-order valence-electron chi connectivity index (χ4n) is 4.02. The summed E-state index contributed by atoms with van der Waals surface area (Å²) in [6.07, 6.45) is 0.427. The SMILES string of the molecule is COc1cc(NC(=O)CSc2nc3ccccc3c(=O)n2CCc2ccc(S(N)(=O)=O)cc2)cc(OC)c1OC. The van der Waals surface area contributed by atoms with Crippen LogP contribution in [0.15, 0.2) is 75.5 Å². The Kier molecular flexibility index (Phi) is 8.97. The van der Waals surface area contributed by atoms with E-state index in [0.29, 0.717) is 45.4 Å². The van der Waals surface area contributed by atoms with Crippen LogP contribution in [0.25, 0.3) is 10.9 Å². The van der Waals surface area contributed by atoms with E-state index in [1.165, 1.54) is 38.0 Å². The predicted octanol–water partition coefficient (Wildman–Crippen LogP) is 3.04. The maximum Gasteiger partial charge on any atom is 0.262 e. The number of nitrogens with two attached hydrogens (primary N) is 1. The van der Waals surface area contributed by atoms with E-state index in [2.05, 4.69) is 10.3 Å². The summed E-state index contributed by atoms with van der Waals surface area (Å²) in [5.41, 5.74) is 1.54. The van der Waals surface area contributed by atoms with Crippen LogP contribution in [0.3, 0.4) is 0 Å². The van der Waals surface area contributed by atoms with Crippen LogP contribution in [0.2, 0.25) is 0 Å². The van der Waals surface area contributed by atoms with Crippen LogP contribution in [0.5, 0.6) is 17.2 Å². The molecule has 13 heteroatoms. The molecule has 40 heavy (non-hydrogen) atoms. The number of para-hydroxylation sites is 1. The number of nitrogens with zero attached hydrogens (tertiary/aromatic N) is 2. The summed E-state index contributed by atoms with van der Waals surface area (Å²) in [6.45, 7) is 0.266. The van der Waals surface area contributed by atoms with Gasteiger partial charge < -0.3 is 19.5 Å². The summed E-state index contributed by atoms with van der Waals surface area (Å²) in [7, 11) is 0.658. The highest BCUT2D eigenvalue weighted by Gasteiger charge is 2.17. The molecule has 0 atom stereocenters. The molecule has 0 saturated carbocycles. The van der Waals surface area contributed by atoms with Crippen LogP contribution < -0.4 is 30.2 Å². The molecule has 0 saturated heterocycles. The molecule has 1 amide bonds. The zero-order valence-electron chi connectivity index (χ0n) is 22.0. The molecule has 0 bridgehead atoms. The average molecular weight is 585 g/mol. The third-order valence-corrected chi connectivity index (χ3v) is 7.89. The van der Waals surface area contributed by atoms with Gasteiger partial charge in [0.2, 0.25) is 21.7 Å². The Balaban J connectivity index is 1.55. The number of rotatable bonds is 11. The zero-order valence-corrected chi connectivity index (χ0v) is 23.7. The first-order valence-corrected chi connectivity index (χ1v) is 14.5. The van der Waals surface area contributed by atoms with Gasteiger partial charge in [-0.2, -0.15) is 0 Å². The molecule has 4 aromatic rings. The molecule has 0 radical (unpaired) electrons. The van der Waals surface area contributed by atoms with Crippen molar-refractivity contribution in [2.24, 2.45) is 5.14 Å². The second-order valence-electron chi connectivity index (χ2n) is 8.56. The van der Waals surface area contributed by atoms with Crippen molar-refractivity contribution < 1.29 is 27.4 Å². The largest absolute Gasteiger partial charge is 0.493 e. The Morgan fingerprint density at radius 3 is 2.25 bits per heavy atom. The van der Waals surface area contributed by atoms with Crippen LogP contribution in [-0.2, 0) is 27.8 Å². The number of sulfonamides is 1. The maximum atomic E-state index is 13.4. The van der Waals surface area contributed by atoms with Crippen LogP contribution in [0.4, 0.5) is 5.69 Å². The smallest absolute Gasteiger partial charge is 0.262 e. The van der Waals surface area contributed by atoms with Crippen LogP contribution in [0.1, 0.15) is 5.56 Å². The fourth-order valence-corrected chi connectivity index (χ4v) is 5.36. The van der Waals surface area contributed by atoms with Gasteiger partial charge in [0.25, 0.3) is 5.56 Å². The number of methoxy groups -OCH3 is 3. The molecule has 0 aliphatic heterocycles. The highest BCUT2D eigenvalue weighted by Crippen LogP contribution is 2.40. The lowest BCUT2D eigenvalue weighted by atomic mass is 10.1. The third-order valence-electron chi connectivity index (χ3n) is 5.98. The van der Waals surface area contributed by atoms with Crippen molar-refractivity contribution in [3.05, 3.63) is 76.6 Å². The number of thioether (sulfide) groups is 1. The summed E-state index contributed by atoms with van der Waals surface area (Å²) >= 11 is 1.13. The van der Waals surface area contributed by atoms with Gasteiger partial charge in [-0.25, -0.2) is 18.5 Å². The molecular formula is C27H28N4O7S2. The van der Waals surface area contributed by atoms with Gasteiger partial charge in [0.15, 0.2) is 16.7 Å². The molecule has 0 unspecified atom stereocenters. The Morgan fingerprint density at radius 2 is 1.65 bits per heavy atom. The van der Waals surface area contributed by atoms with E-state index < -0.39 is 10.0 Å². The first-order valence-electron chi connectivity index (χ1n) is 12.0. The number of fused-ring (bicyclic) bond motifs is 1. The predicted molar refractivity (Wildman–Crippen MR) is 153 cm³/mol. The van der Waals surface area contributed by atoms with Gasteiger partial charge in [0, 0.05) is 24.4 Å². The van der Waals surface area contributed by atoms with Crippen molar-refractivity contribution in [3.63, 3.8) is 0 Å². The Labute approximate surface area is 235 Å². The first kappa shape index (κ1) is 28.9. The minimum Gasteiger partial charge on any atom is -0.493 e. The van der Waals surface area contributed by atoms with E-state index in [1.807, 2.05) is 0 Å². The van der Waals surface area contributed by atoms with E-state index >= 15 is 0 Å². The van der Waals surface area contributed by atoms with Gasteiger partial charge in [0.1, 0.15) is 0 Å². The first-order chi connectivity index (χ1) is 19.1. The Hall–Kier alpha value is -4.07. The van der Waals surface area contributed by atoms with Gasteiger partial charge in [-0.1, -0.05) is 36.0 Å². The summed E-state index contributed by atoms with van der Waals surface area (Å²) in [6, 6.07) is 16.4. The van der Waals surface area contributed by atoms with Crippen LogP contribution in [-0.4, -0.2) is 51.0 Å². The number of hydrogen-bond donors (Lipinski definition) is 2. The molecule has 0 spiro atoms. The lowest BCUT2D eigenvalue weighted by molar-refractivity contribution is -0.113. The second kappa shape index (κ2) is 12.4. The van der Waals surface area contributed by atoms with Gasteiger partial charge in [-0.05, 0) is 36.2 Å². The number of ether oxygens (including phenoxy) is 3. The summed E-state index contributed by atoms with van der Waals surface area (Å²) in [5, 5.41) is 8.82. The number of carbonyl (C=O) groups is 1. The lowest BCUT2D eigenvalue weighted by Crippen LogP contribution is -2.25. The number of carbonyl (C=O) groups excluding carboxylic acids is 1. The minimum atomic E-state index is -3.80. The Bertz CT molecular complexity index is 1680. The third kappa shape index (κ3) is 6.55. The highest BCUT2D eigenvalue weighted by atomic mass is 32.2. The number of anilines is 1. The molecule has 3 N–H and O–H groups in total. The number of hydrogen-bond acceptors (Lipinski definition) is 9. The van der Waals surface area contributed by atoms with Gasteiger partial charge in [0.05, 0.1) is 42.9 Å². The molecule has 1 aromatic heterocycles. The molecule has 210 valence electrons. The quantitative estimate of drug-likeness (QED) is 0.200. The van der Waals surface area contributed by atoms with Gasteiger partial charge in [-0.15, -0.1) is 0 Å². The average Bonchev–Trinajstić information content (AvgIpc) is 2.94. The molecule has 0 aliphatic carbocycles. The standard InChI is InChI=1S/C27H28N4O7S2/c1-36-22-14-18(15-23(37-2)25(22)38-3)29-24(32)16-39-27-30-21-7-5-4-6-20(21)26(33)31(27)13-12-17-8-10-19(11-9-17)40(28,34)35/h4-11,14-15H,12-13,16H2,1-3H3,(H,29,32)(H2,28,34,35). The van der Waals surface area contributed by atoms with Crippen molar-refractivity contribution in [2.45, 2.75) is 23.0 Å². The summed E-state index contributed by atoms with van der Waals surface area (Å²) < 4.78 is 40.6. The summed E-state index contributed by atoms with van der Waals surface area (Å²) in [4.78, 5) is 30.9. The lowest BCUT2D eigenvalue weighted by Gasteiger charge is -2.15. The van der Waals surface area contributed by atoms with E-state index in [4.69, 9.17) is 19.3 Å². The highest BCUT2D eigenvalue weighted by molar-refractivity contribution is 7.99. The molecule has 1 heterocycles. The zero-order chi connectivity index (χ0) is 28.9. The number of amides is 1. The maximum absolute atomic E-state index is 13.4. The summed E-state index contributed by atoms with van der Waals surface area (Å²) in [5.74, 6) is 0.844. The van der Waals surface area contributed by atoms with Crippen molar-refractivity contribution in [1.29, 1.82) is 0 Å². The normalized spacial score (nSPS) is 11.3. The van der Waals surface area contributed by atoms with Crippen LogP contribution in [0, 0.1) is 0 Å². The molecular weight excluding hydrogens is 556 g/mol. The van der Waals surface area contributed by atoms with E-state index in [9.17, 15) is 18.0 Å². The molecule has 3 aromatic carbocycles. The number of nitrogens with one attached hydrogen (secondary N) is 1. The van der Waals surface area contributed by atoms with E-state index in [1.54, 1.807) is 48.5 Å². The van der Waals surface area contributed by atoms with Crippen molar-refractivity contribution in [1.82, 2.24) is 9.55 Å². The minimum absolute atomic E-state index is 0.00939. The number of aryl methyl sites for hydroxylation is 1. The number of benzene rings is 3. The number of aromatic nitrogens is 2. The number of primary sulfonamides is 1. The van der Waals surface area contributed by atoms with Crippen molar-refractivity contribution >= 4 is 44.3 Å².